The number of carbonyl (C=O) groups is 1. The van der Waals surface area contributed by atoms with Gasteiger partial charge in [0.25, 0.3) is 0 Å². The van der Waals surface area contributed by atoms with Crippen LogP contribution in [0.1, 0.15) is 5.82 Å². The van der Waals surface area contributed by atoms with Gasteiger partial charge in [0, 0.05) is 19.1 Å². The van der Waals surface area contributed by atoms with Gasteiger partial charge in [-0.05, 0) is 34.1 Å². The average molecular weight is 417 g/mol. The van der Waals surface area contributed by atoms with Gasteiger partial charge in [-0.2, -0.15) is 15.0 Å². The molecule has 2 rings (SSSR count). The number of benzene rings is 1. The van der Waals surface area contributed by atoms with Crippen molar-refractivity contribution in [1.82, 2.24) is 15.0 Å². The Balaban J connectivity index is 1.89. The van der Waals surface area contributed by atoms with Gasteiger partial charge in [0.15, 0.2) is 19.0 Å². The predicted octanol–water partition coefficient (Wildman–Crippen LogP) is 2.06. The Hall–Kier alpha value is -2.13. The van der Waals surface area contributed by atoms with E-state index in [9.17, 15) is 4.79 Å². The van der Waals surface area contributed by atoms with Crippen molar-refractivity contribution in [2.24, 2.45) is 0 Å². The largest absolute Gasteiger partial charge is 0.481 e. The van der Waals surface area contributed by atoms with Gasteiger partial charge in [-0.3, -0.25) is 0 Å². The first-order valence-electron chi connectivity index (χ1n) is 6.76. The number of aromatic nitrogens is 3. The highest BCUT2D eigenvalue weighted by Crippen LogP contribution is 2.27. The van der Waals surface area contributed by atoms with Gasteiger partial charge in [0.2, 0.25) is 11.9 Å². The summed E-state index contributed by atoms with van der Waals surface area (Å²) >= 11 is 9.13. The number of nitrogens with two attached hydrogens (primary N) is 1. The normalized spacial score (nSPS) is 10.3. The predicted molar refractivity (Wildman–Crippen MR) is 93.0 cm³/mol. The molecule has 24 heavy (non-hydrogen) atoms. The molecule has 0 amide bonds. The Bertz CT molecular complexity index is 744. The number of nitrogen functional groups attached to an aromatic ring is 1. The van der Waals surface area contributed by atoms with Crippen molar-refractivity contribution < 1.29 is 14.3 Å². The van der Waals surface area contributed by atoms with Crippen LogP contribution in [-0.2, 0) is 16.1 Å². The summed E-state index contributed by atoms with van der Waals surface area (Å²) in [6.07, 6.45) is 0. The molecule has 128 valence electrons. The highest BCUT2D eigenvalue weighted by Gasteiger charge is 2.11. The fourth-order valence-corrected chi connectivity index (χ4v) is 2.40. The van der Waals surface area contributed by atoms with E-state index < -0.39 is 5.97 Å². The summed E-state index contributed by atoms with van der Waals surface area (Å²) in [5.74, 6) is 0.612. The van der Waals surface area contributed by atoms with E-state index in [0.29, 0.717) is 21.2 Å². The van der Waals surface area contributed by atoms with Crippen LogP contribution in [0.5, 0.6) is 5.75 Å². The van der Waals surface area contributed by atoms with E-state index in [-0.39, 0.29) is 25.0 Å². The van der Waals surface area contributed by atoms with Crippen LogP contribution in [0.2, 0.25) is 5.02 Å². The Kier molecular flexibility index (Phi) is 6.16. The minimum absolute atomic E-state index is 0.0566. The quantitative estimate of drug-likeness (QED) is 0.714. The number of halogens is 2. The lowest BCUT2D eigenvalue weighted by Gasteiger charge is -2.12. The fourth-order valence-electron chi connectivity index (χ4n) is 1.61. The summed E-state index contributed by atoms with van der Waals surface area (Å²) in [5.41, 5.74) is 5.60. The third kappa shape index (κ3) is 5.20. The minimum atomic E-state index is -0.567. The maximum absolute atomic E-state index is 11.8. The van der Waals surface area contributed by atoms with Gasteiger partial charge in [-0.15, -0.1) is 0 Å². The summed E-state index contributed by atoms with van der Waals surface area (Å²) in [7, 11) is 3.53. The maximum Gasteiger partial charge on any atom is 0.344 e. The van der Waals surface area contributed by atoms with Crippen LogP contribution in [0.15, 0.2) is 22.7 Å². The molecule has 1 aromatic carbocycles. The molecular formula is C14H15BrClN5O3. The minimum Gasteiger partial charge on any atom is -0.481 e. The highest BCUT2D eigenvalue weighted by molar-refractivity contribution is 9.10. The van der Waals surface area contributed by atoms with Gasteiger partial charge in [-0.25, -0.2) is 4.79 Å². The van der Waals surface area contributed by atoms with E-state index in [1.165, 1.54) is 0 Å². The topological polar surface area (TPSA) is 103 Å². The van der Waals surface area contributed by atoms with E-state index >= 15 is 0 Å². The first-order chi connectivity index (χ1) is 11.3. The molecule has 0 bridgehead atoms. The summed E-state index contributed by atoms with van der Waals surface area (Å²) < 4.78 is 11.1. The molecule has 2 N–H and O–H groups in total. The van der Waals surface area contributed by atoms with Crippen LogP contribution < -0.4 is 15.4 Å². The van der Waals surface area contributed by atoms with E-state index in [0.717, 1.165) is 0 Å². The smallest absolute Gasteiger partial charge is 0.344 e. The van der Waals surface area contributed by atoms with E-state index in [2.05, 4.69) is 30.9 Å². The van der Waals surface area contributed by atoms with Crippen molar-refractivity contribution in [3.8, 4) is 5.75 Å². The zero-order valence-corrected chi connectivity index (χ0v) is 15.3. The van der Waals surface area contributed by atoms with Crippen molar-refractivity contribution in [1.29, 1.82) is 0 Å². The number of anilines is 2. The molecule has 0 saturated heterocycles. The van der Waals surface area contributed by atoms with E-state index in [1.54, 1.807) is 37.2 Å². The van der Waals surface area contributed by atoms with Crippen molar-refractivity contribution in [2.75, 3.05) is 31.3 Å². The number of ether oxygens (including phenoxy) is 2. The second-order valence-corrected chi connectivity index (χ2v) is 6.12. The van der Waals surface area contributed by atoms with E-state index in [4.69, 9.17) is 26.8 Å². The van der Waals surface area contributed by atoms with Crippen LogP contribution >= 0.6 is 27.5 Å². The molecule has 10 heteroatoms. The molecule has 0 aliphatic rings. The van der Waals surface area contributed by atoms with Crippen LogP contribution in [0.3, 0.4) is 0 Å². The molecule has 2 aromatic rings. The van der Waals surface area contributed by atoms with Gasteiger partial charge in [0.05, 0.1) is 4.47 Å². The highest BCUT2D eigenvalue weighted by atomic mass is 79.9. The first kappa shape index (κ1) is 18.2. The standard InChI is InChI=1S/C14H15BrClN5O3/c1-21(2)14-19-11(18-13(17)20-14)6-24-12(22)7-23-10-4-3-8(16)5-9(10)15/h3-5H,6-7H2,1-2H3,(H2,17,18,19,20). The molecule has 0 aliphatic heterocycles. The first-order valence-corrected chi connectivity index (χ1v) is 7.93. The molecule has 0 aliphatic carbocycles. The van der Waals surface area contributed by atoms with Crippen LogP contribution in [0, 0.1) is 0 Å². The number of nitrogens with zero attached hydrogens (tertiary/aromatic N) is 4. The Labute approximate surface area is 152 Å². The number of rotatable bonds is 6. The summed E-state index contributed by atoms with van der Waals surface area (Å²) in [6, 6.07) is 4.97. The van der Waals surface area contributed by atoms with Crippen LogP contribution in [0.25, 0.3) is 0 Å². The van der Waals surface area contributed by atoms with E-state index in [1.807, 2.05) is 0 Å². The van der Waals surface area contributed by atoms with Gasteiger partial charge in [-0.1, -0.05) is 11.6 Å². The molecule has 0 radical (unpaired) electrons. The molecular weight excluding hydrogens is 402 g/mol. The zero-order valence-electron chi connectivity index (χ0n) is 13.0. The second-order valence-electron chi connectivity index (χ2n) is 4.83. The SMILES string of the molecule is CN(C)c1nc(N)nc(COC(=O)COc2ccc(Cl)cc2Br)n1. The lowest BCUT2D eigenvalue weighted by atomic mass is 10.3. The number of hydrogen-bond acceptors (Lipinski definition) is 8. The molecule has 8 nitrogen and oxygen atoms in total. The third-order valence-electron chi connectivity index (χ3n) is 2.69. The van der Waals surface area contributed by atoms with Crippen molar-refractivity contribution in [3.63, 3.8) is 0 Å². The fraction of sp³-hybridized carbons (Fsp3) is 0.286. The molecule has 0 spiro atoms. The molecule has 0 unspecified atom stereocenters. The molecule has 0 saturated carbocycles. The monoisotopic (exact) mass is 415 g/mol. The summed E-state index contributed by atoms with van der Waals surface area (Å²) in [4.78, 5) is 25.4. The molecule has 1 aromatic heterocycles. The molecule has 1 heterocycles. The summed E-state index contributed by atoms with van der Waals surface area (Å²) in [5, 5.41) is 0.556. The van der Waals surface area contributed by atoms with Crippen LogP contribution in [-0.4, -0.2) is 41.6 Å². The zero-order chi connectivity index (χ0) is 17.7. The molecule has 0 atom stereocenters. The van der Waals surface area contributed by atoms with Gasteiger partial charge >= 0.3 is 5.97 Å². The van der Waals surface area contributed by atoms with Crippen LogP contribution in [0.4, 0.5) is 11.9 Å². The Morgan fingerprint density at radius 2 is 2.08 bits per heavy atom. The Morgan fingerprint density at radius 1 is 1.33 bits per heavy atom. The lowest BCUT2D eigenvalue weighted by Crippen LogP contribution is -2.19. The van der Waals surface area contributed by atoms with Gasteiger partial charge in [0.1, 0.15) is 5.75 Å². The maximum atomic E-state index is 11.8. The summed E-state index contributed by atoms with van der Waals surface area (Å²) in [6.45, 7) is -0.390. The van der Waals surface area contributed by atoms with Crippen molar-refractivity contribution in [2.45, 2.75) is 6.61 Å². The van der Waals surface area contributed by atoms with Crippen molar-refractivity contribution in [3.05, 3.63) is 33.5 Å². The second kappa shape index (κ2) is 8.11. The lowest BCUT2D eigenvalue weighted by molar-refractivity contribution is -0.147. The number of hydrogen-bond donors (Lipinski definition) is 1. The van der Waals surface area contributed by atoms with Gasteiger partial charge < -0.3 is 20.1 Å². The van der Waals surface area contributed by atoms with Crippen molar-refractivity contribution >= 4 is 45.4 Å². The average Bonchev–Trinajstić information content (AvgIpc) is 2.51. The number of esters is 1. The molecule has 0 fully saturated rings. The third-order valence-corrected chi connectivity index (χ3v) is 3.54. The Morgan fingerprint density at radius 3 is 2.75 bits per heavy atom. The number of carbonyl (C=O) groups excluding carboxylic acids is 1.